The van der Waals surface area contributed by atoms with E-state index < -0.39 is 0 Å². The quantitative estimate of drug-likeness (QED) is 0.424. The Bertz CT molecular complexity index is 443. The third-order valence-corrected chi connectivity index (χ3v) is 3.20. The van der Waals surface area contributed by atoms with Gasteiger partial charge in [-0.25, -0.2) is 0 Å². The molecule has 0 radical (unpaired) electrons. The smallest absolute Gasteiger partial charge is 0.242 e. The fourth-order valence-corrected chi connectivity index (χ4v) is 2.35. The van der Waals surface area contributed by atoms with E-state index in [1.54, 1.807) is 12.2 Å². The number of amides is 1. The highest BCUT2D eigenvalue weighted by Crippen LogP contribution is 2.28. The Balaban J connectivity index is 3.36. The van der Waals surface area contributed by atoms with Crippen molar-refractivity contribution in [3.05, 3.63) is 54.6 Å². The van der Waals surface area contributed by atoms with E-state index in [0.717, 1.165) is 16.8 Å². The zero-order valence-electron chi connectivity index (χ0n) is 10.7. The number of rotatable bonds is 7. The molecule has 0 saturated carbocycles. The molecule has 0 aliphatic heterocycles. The molecular formula is C15H17Cl2NO. The molecule has 102 valence electrons. The van der Waals surface area contributed by atoms with Crippen LogP contribution in [0.2, 0.25) is 0 Å². The largest absolute Gasteiger partial charge is 0.297 e. The molecule has 1 aromatic carbocycles. The molecule has 0 aliphatic carbocycles. The van der Waals surface area contributed by atoms with Gasteiger partial charge in [0, 0.05) is 0 Å². The number of hydrogen-bond acceptors (Lipinski definition) is 1. The van der Waals surface area contributed by atoms with Crippen molar-refractivity contribution in [3.8, 4) is 0 Å². The van der Waals surface area contributed by atoms with Crippen LogP contribution in [-0.2, 0) is 17.6 Å². The lowest BCUT2D eigenvalue weighted by Crippen LogP contribution is -2.32. The van der Waals surface area contributed by atoms with Gasteiger partial charge in [0.15, 0.2) is 0 Å². The molecule has 19 heavy (non-hydrogen) atoms. The number of nitrogens with zero attached hydrogens (tertiary/aromatic N) is 1. The summed E-state index contributed by atoms with van der Waals surface area (Å²) in [6.07, 6.45) is 4.94. The van der Waals surface area contributed by atoms with E-state index in [1.807, 2.05) is 18.2 Å². The van der Waals surface area contributed by atoms with Gasteiger partial charge < -0.3 is 0 Å². The monoisotopic (exact) mass is 297 g/mol. The van der Waals surface area contributed by atoms with Gasteiger partial charge >= 0.3 is 0 Å². The van der Waals surface area contributed by atoms with Crippen LogP contribution >= 0.6 is 23.2 Å². The van der Waals surface area contributed by atoms with Gasteiger partial charge in [0.2, 0.25) is 5.91 Å². The maximum atomic E-state index is 11.9. The Hall–Kier alpha value is -1.25. The van der Waals surface area contributed by atoms with Crippen molar-refractivity contribution in [3.63, 3.8) is 0 Å². The summed E-state index contributed by atoms with van der Waals surface area (Å²) in [6.45, 7) is 7.48. The van der Waals surface area contributed by atoms with Crippen molar-refractivity contribution in [1.82, 2.24) is 0 Å². The third-order valence-electron chi connectivity index (χ3n) is 2.74. The maximum absolute atomic E-state index is 11.9. The van der Waals surface area contributed by atoms with Crippen LogP contribution in [0.25, 0.3) is 0 Å². The summed E-state index contributed by atoms with van der Waals surface area (Å²) >= 11 is 11.6. The van der Waals surface area contributed by atoms with E-state index in [1.165, 1.54) is 4.90 Å². The number of alkyl halides is 2. The molecule has 0 bridgehead atoms. The predicted octanol–water partition coefficient (Wildman–Crippen LogP) is 3.91. The number of carbonyl (C=O) groups excluding carboxylic acids is 1. The Morgan fingerprint density at radius 2 is 1.68 bits per heavy atom. The number of anilines is 1. The van der Waals surface area contributed by atoms with E-state index in [0.29, 0.717) is 12.8 Å². The molecule has 1 rings (SSSR count). The molecule has 0 heterocycles. The summed E-state index contributed by atoms with van der Waals surface area (Å²) in [5.74, 6) is -0.304. The molecule has 0 aromatic heterocycles. The van der Waals surface area contributed by atoms with Gasteiger partial charge in [0.25, 0.3) is 0 Å². The Morgan fingerprint density at radius 3 is 2.05 bits per heavy atom. The predicted molar refractivity (Wildman–Crippen MR) is 83.2 cm³/mol. The summed E-state index contributed by atoms with van der Waals surface area (Å²) in [5, 5.41) is 0. The van der Waals surface area contributed by atoms with Crippen LogP contribution in [0.1, 0.15) is 11.1 Å². The summed E-state index contributed by atoms with van der Waals surface area (Å²) < 4.78 is 0. The molecule has 0 aliphatic rings. The fourth-order valence-electron chi connectivity index (χ4n) is 1.95. The van der Waals surface area contributed by atoms with Gasteiger partial charge in [-0.2, -0.15) is 0 Å². The molecule has 0 atom stereocenters. The molecule has 1 aromatic rings. The minimum Gasteiger partial charge on any atom is -0.297 e. The second-order valence-electron chi connectivity index (χ2n) is 3.99. The molecule has 2 nitrogen and oxygen atoms in total. The molecule has 0 fully saturated rings. The molecule has 0 N–H and O–H groups in total. The van der Waals surface area contributed by atoms with Crippen molar-refractivity contribution in [2.75, 3.05) is 16.8 Å². The minimum absolute atomic E-state index is 0.0733. The van der Waals surface area contributed by atoms with E-state index in [2.05, 4.69) is 13.2 Å². The first kappa shape index (κ1) is 15.8. The van der Waals surface area contributed by atoms with E-state index in [-0.39, 0.29) is 17.8 Å². The average Bonchev–Trinajstić information content (AvgIpc) is 2.42. The summed E-state index contributed by atoms with van der Waals surface area (Å²) in [6, 6.07) is 5.96. The Labute approximate surface area is 124 Å². The van der Waals surface area contributed by atoms with Crippen LogP contribution in [0.3, 0.4) is 0 Å². The summed E-state index contributed by atoms with van der Waals surface area (Å²) in [7, 11) is 0. The Morgan fingerprint density at radius 1 is 1.16 bits per heavy atom. The highest BCUT2D eigenvalue weighted by Gasteiger charge is 2.19. The topological polar surface area (TPSA) is 20.3 Å². The molecule has 0 unspecified atom stereocenters. The van der Waals surface area contributed by atoms with E-state index >= 15 is 0 Å². The van der Waals surface area contributed by atoms with E-state index in [4.69, 9.17) is 23.2 Å². The average molecular weight is 298 g/mol. The van der Waals surface area contributed by atoms with Crippen LogP contribution in [0.5, 0.6) is 0 Å². The number of benzene rings is 1. The highest BCUT2D eigenvalue weighted by atomic mass is 35.5. The van der Waals surface area contributed by atoms with Crippen LogP contribution in [0.15, 0.2) is 43.5 Å². The Kier molecular flexibility index (Phi) is 6.68. The first-order chi connectivity index (χ1) is 9.19. The van der Waals surface area contributed by atoms with Gasteiger partial charge in [-0.3, -0.25) is 9.69 Å². The van der Waals surface area contributed by atoms with Crippen molar-refractivity contribution in [2.45, 2.75) is 12.8 Å². The third kappa shape index (κ3) is 3.85. The first-order valence-corrected chi connectivity index (χ1v) is 7.01. The van der Waals surface area contributed by atoms with Gasteiger partial charge in [0.05, 0.1) is 5.69 Å². The maximum Gasteiger partial charge on any atom is 0.242 e. The van der Waals surface area contributed by atoms with Gasteiger partial charge in [-0.05, 0) is 24.0 Å². The van der Waals surface area contributed by atoms with Crippen molar-refractivity contribution in [2.24, 2.45) is 0 Å². The van der Waals surface area contributed by atoms with Gasteiger partial charge in [-0.1, -0.05) is 30.4 Å². The highest BCUT2D eigenvalue weighted by molar-refractivity contribution is 6.31. The number of para-hydroxylation sites is 1. The fraction of sp³-hybridized carbons (Fsp3) is 0.267. The number of hydrogen-bond donors (Lipinski definition) is 0. The van der Waals surface area contributed by atoms with Gasteiger partial charge in [0.1, 0.15) is 11.9 Å². The standard InChI is InChI=1S/C15H17Cl2NO/c1-3-6-12-8-5-9-13(7-4-2)15(12)18(11-17)14(19)10-16/h3-5,8-9H,1-2,6-7,10-11H2. The lowest BCUT2D eigenvalue weighted by molar-refractivity contribution is -0.116. The molecule has 4 heteroatoms. The SMILES string of the molecule is C=CCc1cccc(CC=C)c1N(CCl)C(=O)CCl. The lowest BCUT2D eigenvalue weighted by Gasteiger charge is -2.24. The zero-order chi connectivity index (χ0) is 14.3. The van der Waals surface area contributed by atoms with Gasteiger partial charge in [-0.15, -0.1) is 36.4 Å². The van der Waals surface area contributed by atoms with E-state index in [9.17, 15) is 4.79 Å². The molecular weight excluding hydrogens is 281 g/mol. The molecule has 0 saturated heterocycles. The molecule has 1 amide bonds. The van der Waals surface area contributed by atoms with Crippen LogP contribution in [-0.4, -0.2) is 17.8 Å². The van der Waals surface area contributed by atoms with Crippen LogP contribution in [0.4, 0.5) is 5.69 Å². The summed E-state index contributed by atoms with van der Waals surface area (Å²) in [5.41, 5.74) is 2.84. The number of allylic oxidation sites excluding steroid dienone is 2. The lowest BCUT2D eigenvalue weighted by atomic mass is 10.0. The second kappa shape index (κ2) is 8.03. The normalized spacial score (nSPS) is 10.0. The van der Waals surface area contributed by atoms with Crippen molar-refractivity contribution < 1.29 is 4.79 Å². The first-order valence-electron chi connectivity index (χ1n) is 5.94. The number of halogens is 2. The van der Waals surface area contributed by atoms with Crippen molar-refractivity contribution in [1.29, 1.82) is 0 Å². The minimum atomic E-state index is -0.210. The van der Waals surface area contributed by atoms with Crippen LogP contribution < -0.4 is 4.90 Å². The van der Waals surface area contributed by atoms with Crippen molar-refractivity contribution >= 4 is 34.8 Å². The molecule has 0 spiro atoms. The van der Waals surface area contributed by atoms with Crippen LogP contribution in [0, 0.1) is 0 Å². The zero-order valence-corrected chi connectivity index (χ0v) is 12.3. The summed E-state index contributed by atoms with van der Waals surface area (Å²) in [4.78, 5) is 13.4. The second-order valence-corrected chi connectivity index (χ2v) is 4.49. The number of carbonyl (C=O) groups is 1.